The molecule has 0 aromatic heterocycles. The van der Waals surface area contributed by atoms with Gasteiger partial charge in [-0.3, -0.25) is 8.98 Å². The monoisotopic (exact) mass is 324 g/mol. The smallest absolute Gasteiger partial charge is 0.296 e. The maximum atomic E-state index is 12.5. The Morgan fingerprint density at radius 2 is 1.91 bits per heavy atom. The maximum Gasteiger partial charge on any atom is 0.297 e. The first-order valence-corrected chi connectivity index (χ1v) is 9.32. The molecule has 1 fully saturated rings. The molecule has 1 aliphatic carbocycles. The van der Waals surface area contributed by atoms with E-state index in [-0.39, 0.29) is 10.7 Å². The number of rotatable bonds is 7. The number of benzene rings is 1. The minimum absolute atomic E-state index is 0.0666. The molecule has 1 aliphatic rings. The van der Waals surface area contributed by atoms with E-state index in [0.29, 0.717) is 12.8 Å². The third kappa shape index (κ3) is 3.76. The van der Waals surface area contributed by atoms with Crippen LogP contribution < -0.4 is 0 Å². The molecule has 0 heterocycles. The first kappa shape index (κ1) is 17.2. The highest BCUT2D eigenvalue weighted by Crippen LogP contribution is 2.41. The van der Waals surface area contributed by atoms with E-state index >= 15 is 0 Å². The molecule has 1 saturated carbocycles. The van der Waals surface area contributed by atoms with Crippen molar-refractivity contribution in [1.29, 1.82) is 0 Å². The van der Waals surface area contributed by atoms with Gasteiger partial charge in [0.2, 0.25) is 0 Å². The normalized spacial score (nSPS) is 25.5. The lowest BCUT2D eigenvalue weighted by atomic mass is 9.82. The van der Waals surface area contributed by atoms with Gasteiger partial charge in [-0.2, -0.15) is 8.42 Å². The number of carbonyl (C=O) groups is 1. The van der Waals surface area contributed by atoms with Gasteiger partial charge in [0.15, 0.2) is 5.78 Å². The van der Waals surface area contributed by atoms with Crippen molar-refractivity contribution in [2.24, 2.45) is 5.41 Å². The summed E-state index contributed by atoms with van der Waals surface area (Å²) < 4.78 is 29.7. The van der Waals surface area contributed by atoms with Crippen molar-refractivity contribution in [3.05, 3.63) is 30.3 Å². The van der Waals surface area contributed by atoms with E-state index < -0.39 is 21.6 Å². The third-order valence-corrected chi connectivity index (χ3v) is 5.79. The molecule has 0 amide bonds. The highest BCUT2D eigenvalue weighted by Gasteiger charge is 2.46. The van der Waals surface area contributed by atoms with Crippen LogP contribution in [0.1, 0.15) is 52.4 Å². The summed E-state index contributed by atoms with van der Waals surface area (Å²) in [5.41, 5.74) is -0.438. The zero-order valence-corrected chi connectivity index (χ0v) is 14.1. The van der Waals surface area contributed by atoms with Crippen LogP contribution in [0.2, 0.25) is 0 Å². The van der Waals surface area contributed by atoms with Gasteiger partial charge in [0.25, 0.3) is 10.1 Å². The molecule has 122 valence electrons. The van der Waals surface area contributed by atoms with Crippen molar-refractivity contribution in [3.8, 4) is 0 Å². The van der Waals surface area contributed by atoms with Gasteiger partial charge in [-0.25, -0.2) is 0 Å². The van der Waals surface area contributed by atoms with Gasteiger partial charge >= 0.3 is 0 Å². The Hall–Kier alpha value is -1.20. The van der Waals surface area contributed by atoms with Gasteiger partial charge in [-0.1, -0.05) is 51.3 Å². The van der Waals surface area contributed by atoms with Gasteiger partial charge in [0, 0.05) is 5.41 Å². The number of carbonyl (C=O) groups excluding carboxylic acids is 1. The van der Waals surface area contributed by atoms with E-state index in [9.17, 15) is 13.2 Å². The van der Waals surface area contributed by atoms with E-state index in [0.717, 1.165) is 25.7 Å². The van der Waals surface area contributed by atoms with E-state index in [4.69, 9.17) is 4.18 Å². The van der Waals surface area contributed by atoms with E-state index in [2.05, 4.69) is 6.92 Å². The van der Waals surface area contributed by atoms with Gasteiger partial charge in [-0.15, -0.1) is 0 Å². The number of hydrogen-bond acceptors (Lipinski definition) is 4. The molecule has 0 saturated heterocycles. The van der Waals surface area contributed by atoms with Crippen LogP contribution in [0.3, 0.4) is 0 Å². The highest BCUT2D eigenvalue weighted by atomic mass is 32.2. The topological polar surface area (TPSA) is 60.4 Å². The lowest BCUT2D eigenvalue weighted by molar-refractivity contribution is -0.130. The van der Waals surface area contributed by atoms with Crippen LogP contribution >= 0.6 is 0 Å². The molecule has 5 heteroatoms. The SMILES string of the molecule is CCCCC[C@@]1(C)CC[C@H](OS(=O)(=O)c2ccccc2)C1=O. The summed E-state index contributed by atoms with van der Waals surface area (Å²) in [6, 6.07) is 7.98. The molecule has 0 radical (unpaired) electrons. The lowest BCUT2D eigenvalue weighted by Gasteiger charge is -2.22. The molecule has 1 aromatic rings. The molecule has 0 N–H and O–H groups in total. The fourth-order valence-electron chi connectivity index (χ4n) is 2.99. The minimum atomic E-state index is -3.87. The Morgan fingerprint density at radius 3 is 2.55 bits per heavy atom. The fraction of sp³-hybridized carbons (Fsp3) is 0.588. The van der Waals surface area contributed by atoms with Crippen LogP contribution in [0.25, 0.3) is 0 Å². The number of ketones is 1. The van der Waals surface area contributed by atoms with Crippen molar-refractivity contribution in [2.45, 2.75) is 63.4 Å². The van der Waals surface area contributed by atoms with E-state index in [1.54, 1.807) is 18.2 Å². The second-order valence-corrected chi connectivity index (χ2v) is 7.84. The lowest BCUT2D eigenvalue weighted by Crippen LogP contribution is -2.31. The van der Waals surface area contributed by atoms with Crippen LogP contribution in [-0.2, 0) is 19.1 Å². The molecule has 22 heavy (non-hydrogen) atoms. The Morgan fingerprint density at radius 1 is 1.23 bits per heavy atom. The van der Waals surface area contributed by atoms with Crippen LogP contribution in [0.15, 0.2) is 35.2 Å². The summed E-state index contributed by atoms with van der Waals surface area (Å²) in [4.78, 5) is 12.6. The number of hydrogen-bond donors (Lipinski definition) is 0. The average molecular weight is 324 g/mol. The van der Waals surface area contributed by atoms with Crippen molar-refractivity contribution >= 4 is 15.9 Å². The fourth-order valence-corrected chi connectivity index (χ4v) is 4.08. The molecule has 1 aromatic carbocycles. The largest absolute Gasteiger partial charge is 0.297 e. The molecule has 2 atom stereocenters. The maximum absolute atomic E-state index is 12.5. The van der Waals surface area contributed by atoms with E-state index in [1.165, 1.54) is 12.1 Å². The molecule has 0 bridgehead atoms. The summed E-state index contributed by atoms with van der Waals surface area (Å²) in [6.45, 7) is 4.06. The summed E-state index contributed by atoms with van der Waals surface area (Å²) in [6.07, 6.45) is 4.35. The molecule has 0 unspecified atom stereocenters. The zero-order chi connectivity index (χ0) is 16.2. The summed E-state index contributed by atoms with van der Waals surface area (Å²) >= 11 is 0. The van der Waals surface area contributed by atoms with Crippen molar-refractivity contribution in [1.82, 2.24) is 0 Å². The zero-order valence-electron chi connectivity index (χ0n) is 13.2. The second-order valence-electron chi connectivity index (χ2n) is 6.27. The van der Waals surface area contributed by atoms with Crippen molar-refractivity contribution < 1.29 is 17.4 Å². The van der Waals surface area contributed by atoms with Crippen molar-refractivity contribution in [2.75, 3.05) is 0 Å². The summed E-state index contributed by atoms with van der Waals surface area (Å²) in [5.74, 6) is -0.0666. The molecular weight excluding hydrogens is 300 g/mol. The van der Waals surface area contributed by atoms with E-state index in [1.807, 2.05) is 6.92 Å². The molecule has 0 aliphatic heterocycles. The Bertz CT molecular complexity index is 609. The predicted octanol–water partition coefficient (Wildman–Crippen LogP) is 3.71. The van der Waals surface area contributed by atoms with Gasteiger partial charge < -0.3 is 0 Å². The molecule has 2 rings (SSSR count). The average Bonchev–Trinajstić information content (AvgIpc) is 2.77. The second kappa shape index (κ2) is 6.92. The first-order valence-electron chi connectivity index (χ1n) is 7.92. The Balaban J connectivity index is 2.04. The van der Waals surface area contributed by atoms with Crippen molar-refractivity contribution in [3.63, 3.8) is 0 Å². The Kier molecular flexibility index (Phi) is 5.40. The quantitative estimate of drug-likeness (QED) is 0.566. The van der Waals surface area contributed by atoms with Crippen LogP contribution in [0.4, 0.5) is 0 Å². The standard InChI is InChI=1S/C17H24O4S/c1-3-4-8-12-17(2)13-11-15(16(17)18)21-22(19,20)14-9-6-5-7-10-14/h5-7,9-10,15H,3-4,8,11-13H2,1-2H3/t15-,17-/m0/s1. The first-order chi connectivity index (χ1) is 10.4. The molecular formula is C17H24O4S. The third-order valence-electron chi connectivity index (χ3n) is 4.45. The van der Waals surface area contributed by atoms with Crippen LogP contribution in [-0.4, -0.2) is 20.3 Å². The predicted molar refractivity (Wildman–Crippen MR) is 85.0 cm³/mol. The minimum Gasteiger partial charge on any atom is -0.296 e. The Labute approximate surface area is 133 Å². The summed E-state index contributed by atoms with van der Waals surface area (Å²) in [7, 11) is -3.87. The molecule has 0 spiro atoms. The van der Waals surface area contributed by atoms with Crippen LogP contribution in [0, 0.1) is 5.41 Å². The number of unbranched alkanes of at least 4 members (excludes halogenated alkanes) is 2. The van der Waals surface area contributed by atoms with Crippen LogP contribution in [0.5, 0.6) is 0 Å². The summed E-state index contributed by atoms with van der Waals surface area (Å²) in [5, 5.41) is 0. The van der Waals surface area contributed by atoms with Gasteiger partial charge in [0.05, 0.1) is 4.90 Å². The number of Topliss-reactive ketones (excluding diaryl/α,β-unsaturated/α-hetero) is 1. The highest BCUT2D eigenvalue weighted by molar-refractivity contribution is 7.86. The van der Waals surface area contributed by atoms with Gasteiger partial charge in [0.1, 0.15) is 6.10 Å². The molecule has 4 nitrogen and oxygen atoms in total. The van der Waals surface area contributed by atoms with Gasteiger partial charge in [-0.05, 0) is 31.4 Å².